The number of hydrogen-bond donors (Lipinski definition) is 2. The molecule has 0 radical (unpaired) electrons. The molecule has 0 saturated heterocycles. The van der Waals surface area contributed by atoms with Crippen LogP contribution in [0.2, 0.25) is 0 Å². The number of rotatable bonds is 4. The number of amides is 1. The average Bonchev–Trinajstić information content (AvgIpc) is 2.88. The second-order valence-electron chi connectivity index (χ2n) is 4.94. The van der Waals surface area contributed by atoms with Crippen molar-refractivity contribution in [1.82, 2.24) is 10.3 Å². The lowest BCUT2D eigenvalue weighted by Crippen LogP contribution is -2.38. The first-order chi connectivity index (χ1) is 8.72. The van der Waals surface area contributed by atoms with Gasteiger partial charge < -0.3 is 11.1 Å². The highest BCUT2D eigenvalue weighted by molar-refractivity contribution is 7.09. The van der Waals surface area contributed by atoms with E-state index < -0.39 is 0 Å². The van der Waals surface area contributed by atoms with E-state index in [9.17, 15) is 4.79 Å². The third-order valence-corrected chi connectivity index (χ3v) is 4.53. The van der Waals surface area contributed by atoms with Crippen LogP contribution in [0.3, 0.4) is 0 Å². The molecule has 1 aromatic rings. The van der Waals surface area contributed by atoms with Gasteiger partial charge in [0.2, 0.25) is 0 Å². The van der Waals surface area contributed by atoms with Gasteiger partial charge in [0.15, 0.2) is 0 Å². The molecule has 108 valence electrons. The highest BCUT2D eigenvalue weighted by Gasteiger charge is 2.23. The van der Waals surface area contributed by atoms with Gasteiger partial charge in [-0.2, -0.15) is 0 Å². The van der Waals surface area contributed by atoms with Crippen LogP contribution in [-0.4, -0.2) is 16.9 Å². The molecule has 19 heavy (non-hydrogen) atoms. The summed E-state index contributed by atoms with van der Waals surface area (Å²) in [5.74, 6) is 0.715. The van der Waals surface area contributed by atoms with Gasteiger partial charge in [0.25, 0.3) is 5.91 Å². The SMILES string of the molecule is CCC1CCCC(NC(=O)c2csc(CN)n2)C1.Cl. The van der Waals surface area contributed by atoms with E-state index in [1.54, 1.807) is 5.38 Å². The quantitative estimate of drug-likeness (QED) is 0.898. The van der Waals surface area contributed by atoms with Crippen molar-refractivity contribution in [2.75, 3.05) is 0 Å². The summed E-state index contributed by atoms with van der Waals surface area (Å²) >= 11 is 1.45. The Morgan fingerprint density at radius 2 is 2.37 bits per heavy atom. The Balaban J connectivity index is 0.00000180. The lowest BCUT2D eigenvalue weighted by Gasteiger charge is -2.28. The van der Waals surface area contributed by atoms with Crippen LogP contribution in [0.15, 0.2) is 5.38 Å². The molecule has 1 aliphatic carbocycles. The summed E-state index contributed by atoms with van der Waals surface area (Å²) in [5.41, 5.74) is 6.01. The summed E-state index contributed by atoms with van der Waals surface area (Å²) in [5, 5.41) is 5.71. The third-order valence-electron chi connectivity index (χ3n) is 3.65. The summed E-state index contributed by atoms with van der Waals surface area (Å²) in [6, 6.07) is 0.319. The molecular formula is C13H22ClN3OS. The van der Waals surface area contributed by atoms with E-state index in [1.807, 2.05) is 0 Å². The summed E-state index contributed by atoms with van der Waals surface area (Å²) < 4.78 is 0. The Morgan fingerprint density at radius 3 is 3.00 bits per heavy atom. The molecule has 0 spiro atoms. The van der Waals surface area contributed by atoms with E-state index in [2.05, 4.69) is 17.2 Å². The molecule has 2 atom stereocenters. The van der Waals surface area contributed by atoms with Crippen LogP contribution in [0, 0.1) is 5.92 Å². The Morgan fingerprint density at radius 1 is 1.58 bits per heavy atom. The van der Waals surface area contributed by atoms with Crippen LogP contribution in [-0.2, 0) is 6.54 Å². The maximum absolute atomic E-state index is 12.0. The number of nitrogens with two attached hydrogens (primary N) is 1. The van der Waals surface area contributed by atoms with Gasteiger partial charge in [-0.25, -0.2) is 4.98 Å². The molecular weight excluding hydrogens is 282 g/mol. The highest BCUT2D eigenvalue weighted by Crippen LogP contribution is 2.26. The molecule has 0 bridgehead atoms. The third kappa shape index (κ3) is 4.44. The number of nitrogens with zero attached hydrogens (tertiary/aromatic N) is 1. The zero-order valence-corrected chi connectivity index (χ0v) is 12.9. The van der Waals surface area contributed by atoms with Crippen LogP contribution in [0.1, 0.15) is 54.5 Å². The van der Waals surface area contributed by atoms with Crippen LogP contribution in [0.4, 0.5) is 0 Å². The summed E-state index contributed by atoms with van der Waals surface area (Å²) in [7, 11) is 0. The second kappa shape index (κ2) is 7.82. The molecule has 2 unspecified atom stereocenters. The number of hydrogen-bond acceptors (Lipinski definition) is 4. The first-order valence-corrected chi connectivity index (χ1v) is 7.56. The van der Waals surface area contributed by atoms with Crippen molar-refractivity contribution in [3.05, 3.63) is 16.1 Å². The minimum atomic E-state index is -0.0484. The molecule has 3 N–H and O–H groups in total. The van der Waals surface area contributed by atoms with Gasteiger partial charge in [-0.15, -0.1) is 23.7 Å². The molecule has 0 aromatic carbocycles. The topological polar surface area (TPSA) is 68.0 Å². The highest BCUT2D eigenvalue weighted by atomic mass is 35.5. The van der Waals surface area contributed by atoms with Crippen LogP contribution < -0.4 is 11.1 Å². The van der Waals surface area contributed by atoms with E-state index in [1.165, 1.54) is 30.6 Å². The van der Waals surface area contributed by atoms with Gasteiger partial charge in [-0.3, -0.25) is 4.79 Å². The number of carbonyl (C=O) groups excluding carboxylic acids is 1. The maximum Gasteiger partial charge on any atom is 0.270 e. The Hall–Kier alpha value is -0.650. The van der Waals surface area contributed by atoms with Gasteiger partial charge in [-0.1, -0.05) is 26.2 Å². The Kier molecular flexibility index (Phi) is 6.75. The minimum absolute atomic E-state index is 0. The normalized spacial score (nSPS) is 22.6. The first-order valence-electron chi connectivity index (χ1n) is 6.68. The fraction of sp³-hybridized carbons (Fsp3) is 0.692. The van der Waals surface area contributed by atoms with Gasteiger partial charge in [0, 0.05) is 18.0 Å². The standard InChI is InChI=1S/C13H21N3OS.ClH/c1-2-9-4-3-5-10(6-9)15-13(17)11-8-18-12(7-14)16-11;/h8-10H,2-7,14H2,1H3,(H,15,17);1H. The number of nitrogens with one attached hydrogen (secondary N) is 1. The predicted molar refractivity (Wildman–Crippen MR) is 80.8 cm³/mol. The Bertz CT molecular complexity index is 410. The fourth-order valence-electron chi connectivity index (χ4n) is 2.56. The first kappa shape index (κ1) is 16.4. The van der Waals surface area contributed by atoms with Crippen molar-refractivity contribution in [1.29, 1.82) is 0 Å². The second-order valence-corrected chi connectivity index (χ2v) is 5.88. The predicted octanol–water partition coefficient (Wildman–Crippen LogP) is 2.72. The van der Waals surface area contributed by atoms with Gasteiger partial charge in [0.1, 0.15) is 10.7 Å². The maximum atomic E-state index is 12.0. The van der Waals surface area contributed by atoms with Crippen molar-refractivity contribution in [3.8, 4) is 0 Å². The van der Waals surface area contributed by atoms with Crippen molar-refractivity contribution < 1.29 is 4.79 Å². The van der Waals surface area contributed by atoms with E-state index in [-0.39, 0.29) is 18.3 Å². The average molecular weight is 304 g/mol. The van der Waals surface area contributed by atoms with E-state index in [0.29, 0.717) is 18.3 Å². The molecule has 2 rings (SSSR count). The molecule has 6 heteroatoms. The fourth-order valence-corrected chi connectivity index (χ4v) is 3.22. The largest absolute Gasteiger partial charge is 0.348 e. The van der Waals surface area contributed by atoms with Gasteiger partial charge in [-0.05, 0) is 18.8 Å². The van der Waals surface area contributed by atoms with Gasteiger partial charge >= 0.3 is 0 Å². The minimum Gasteiger partial charge on any atom is -0.348 e. The smallest absolute Gasteiger partial charge is 0.270 e. The van der Waals surface area contributed by atoms with E-state index in [4.69, 9.17) is 5.73 Å². The summed E-state index contributed by atoms with van der Waals surface area (Å²) in [6.07, 6.45) is 5.93. The van der Waals surface area contributed by atoms with E-state index >= 15 is 0 Å². The number of thiazole rings is 1. The molecule has 1 fully saturated rings. The molecule has 1 heterocycles. The molecule has 1 saturated carbocycles. The van der Waals surface area contributed by atoms with Crippen molar-refractivity contribution in [2.45, 2.75) is 51.6 Å². The monoisotopic (exact) mass is 303 g/mol. The van der Waals surface area contributed by atoms with Crippen LogP contribution in [0.25, 0.3) is 0 Å². The number of carbonyl (C=O) groups is 1. The lowest BCUT2D eigenvalue weighted by molar-refractivity contribution is 0.0914. The zero-order chi connectivity index (χ0) is 13.0. The summed E-state index contributed by atoms with van der Waals surface area (Å²) in [4.78, 5) is 16.2. The molecule has 1 aromatic heterocycles. The molecule has 0 aliphatic heterocycles. The lowest BCUT2D eigenvalue weighted by atomic mass is 9.84. The van der Waals surface area contributed by atoms with Crippen molar-refractivity contribution in [3.63, 3.8) is 0 Å². The van der Waals surface area contributed by atoms with Crippen molar-refractivity contribution >= 4 is 29.7 Å². The Labute approximate surface area is 124 Å². The van der Waals surface area contributed by atoms with Gasteiger partial charge in [0.05, 0.1) is 0 Å². The van der Waals surface area contributed by atoms with Crippen LogP contribution in [0.5, 0.6) is 0 Å². The summed E-state index contributed by atoms with van der Waals surface area (Å²) in [6.45, 7) is 2.63. The molecule has 4 nitrogen and oxygen atoms in total. The van der Waals surface area contributed by atoms with E-state index in [0.717, 1.165) is 23.8 Å². The number of halogens is 1. The number of aromatic nitrogens is 1. The van der Waals surface area contributed by atoms with Crippen molar-refractivity contribution in [2.24, 2.45) is 11.7 Å². The van der Waals surface area contributed by atoms with Crippen LogP contribution >= 0.6 is 23.7 Å². The zero-order valence-electron chi connectivity index (χ0n) is 11.2. The molecule has 1 amide bonds. The molecule has 1 aliphatic rings.